The van der Waals surface area contributed by atoms with Crippen LogP contribution in [0.4, 0.5) is 5.69 Å². The highest BCUT2D eigenvalue weighted by molar-refractivity contribution is 5.96. The van der Waals surface area contributed by atoms with E-state index in [0.717, 1.165) is 41.6 Å². The summed E-state index contributed by atoms with van der Waals surface area (Å²) in [5, 5.41) is 5.41. The van der Waals surface area contributed by atoms with Gasteiger partial charge >= 0.3 is 5.97 Å². The van der Waals surface area contributed by atoms with Crippen LogP contribution < -0.4 is 10.6 Å². The monoisotopic (exact) mass is 412 g/mol. The van der Waals surface area contributed by atoms with Gasteiger partial charge in [0.25, 0.3) is 5.91 Å². The van der Waals surface area contributed by atoms with Crippen LogP contribution in [-0.2, 0) is 19.1 Å². The number of nitrogens with one attached hydrogen (secondary N) is 2. The number of carbonyl (C=O) groups excluding carboxylic acids is 3. The van der Waals surface area contributed by atoms with E-state index in [-0.39, 0.29) is 30.4 Å². The Balaban J connectivity index is 1.24. The quantitative estimate of drug-likeness (QED) is 0.701. The summed E-state index contributed by atoms with van der Waals surface area (Å²) in [5.74, 6) is 0.985. The SMILES string of the molecule is Cc1cc(C)c(NC(=O)CNC(=O)COC(=O)C23CC4CC(CC(C4)C2)C3)c(C)c1. The molecule has 162 valence electrons. The Morgan fingerprint density at radius 1 is 0.933 bits per heavy atom. The second kappa shape index (κ2) is 8.05. The molecule has 2 amide bonds. The Kier molecular flexibility index (Phi) is 5.60. The zero-order chi connectivity index (χ0) is 21.5. The van der Waals surface area contributed by atoms with Crippen molar-refractivity contribution < 1.29 is 19.1 Å². The first-order chi connectivity index (χ1) is 14.2. The number of carbonyl (C=O) groups is 3. The van der Waals surface area contributed by atoms with Crippen molar-refractivity contribution >= 4 is 23.5 Å². The third-order valence-electron chi connectivity index (χ3n) is 7.19. The van der Waals surface area contributed by atoms with Gasteiger partial charge in [-0.25, -0.2) is 0 Å². The maximum absolute atomic E-state index is 12.8. The summed E-state index contributed by atoms with van der Waals surface area (Å²) in [4.78, 5) is 37.2. The molecular weight excluding hydrogens is 380 g/mol. The number of amides is 2. The lowest BCUT2D eigenvalue weighted by Gasteiger charge is -2.55. The molecule has 1 aromatic carbocycles. The van der Waals surface area contributed by atoms with Crippen LogP contribution in [0.3, 0.4) is 0 Å². The third-order valence-corrected chi connectivity index (χ3v) is 7.19. The van der Waals surface area contributed by atoms with Crippen molar-refractivity contribution in [1.82, 2.24) is 5.32 Å². The summed E-state index contributed by atoms with van der Waals surface area (Å²) in [6.45, 7) is 5.42. The molecular formula is C24H32N2O4. The van der Waals surface area contributed by atoms with Gasteiger partial charge in [-0.05, 0) is 88.2 Å². The van der Waals surface area contributed by atoms with E-state index in [2.05, 4.69) is 10.6 Å². The predicted molar refractivity (Wildman–Crippen MR) is 114 cm³/mol. The smallest absolute Gasteiger partial charge is 0.312 e. The average Bonchev–Trinajstić information content (AvgIpc) is 2.66. The van der Waals surface area contributed by atoms with Crippen molar-refractivity contribution in [2.45, 2.75) is 59.3 Å². The van der Waals surface area contributed by atoms with Gasteiger partial charge in [0.2, 0.25) is 5.91 Å². The number of esters is 1. The minimum atomic E-state index is -0.444. The molecule has 0 heterocycles. The van der Waals surface area contributed by atoms with Crippen molar-refractivity contribution in [3.05, 3.63) is 28.8 Å². The topological polar surface area (TPSA) is 84.5 Å². The summed E-state index contributed by atoms with van der Waals surface area (Å²) in [6, 6.07) is 4.01. The highest BCUT2D eigenvalue weighted by atomic mass is 16.5. The number of aryl methyl sites for hydroxylation is 3. The van der Waals surface area contributed by atoms with Crippen LogP contribution in [0.15, 0.2) is 12.1 Å². The predicted octanol–water partition coefficient (Wildman–Crippen LogP) is 3.43. The fourth-order valence-corrected chi connectivity index (χ4v) is 6.44. The van der Waals surface area contributed by atoms with Gasteiger partial charge in [-0.1, -0.05) is 17.7 Å². The molecule has 4 aliphatic carbocycles. The zero-order valence-electron chi connectivity index (χ0n) is 18.2. The van der Waals surface area contributed by atoms with Crippen molar-refractivity contribution in [2.24, 2.45) is 23.2 Å². The lowest BCUT2D eigenvalue weighted by molar-refractivity contribution is -0.173. The highest BCUT2D eigenvalue weighted by Crippen LogP contribution is 2.60. The molecule has 5 rings (SSSR count). The van der Waals surface area contributed by atoms with Gasteiger partial charge in [-0.15, -0.1) is 0 Å². The van der Waals surface area contributed by atoms with Crippen LogP contribution in [0.5, 0.6) is 0 Å². The Labute approximate surface area is 178 Å². The fourth-order valence-electron chi connectivity index (χ4n) is 6.44. The first-order valence-electron chi connectivity index (χ1n) is 11.1. The summed E-state index contributed by atoms with van der Waals surface area (Å²) in [5.41, 5.74) is 3.51. The molecule has 0 saturated heterocycles. The largest absolute Gasteiger partial charge is 0.455 e. The minimum absolute atomic E-state index is 0.152. The number of ether oxygens (including phenoxy) is 1. The van der Waals surface area contributed by atoms with Gasteiger partial charge in [-0.3, -0.25) is 14.4 Å². The van der Waals surface area contributed by atoms with Crippen LogP contribution >= 0.6 is 0 Å². The van der Waals surface area contributed by atoms with Gasteiger partial charge in [0.1, 0.15) is 0 Å². The summed E-state index contributed by atoms with van der Waals surface area (Å²) >= 11 is 0. The van der Waals surface area contributed by atoms with Crippen molar-refractivity contribution in [2.75, 3.05) is 18.5 Å². The second-order valence-corrected chi connectivity index (χ2v) is 9.87. The molecule has 0 aliphatic heterocycles. The van der Waals surface area contributed by atoms with E-state index in [4.69, 9.17) is 4.74 Å². The molecule has 2 N–H and O–H groups in total. The molecule has 6 nitrogen and oxygen atoms in total. The molecule has 6 heteroatoms. The molecule has 30 heavy (non-hydrogen) atoms. The summed E-state index contributed by atoms with van der Waals surface area (Å²) < 4.78 is 5.41. The van der Waals surface area contributed by atoms with Crippen molar-refractivity contribution in [3.8, 4) is 0 Å². The van der Waals surface area contributed by atoms with Crippen molar-refractivity contribution in [1.29, 1.82) is 0 Å². The lowest BCUT2D eigenvalue weighted by atomic mass is 9.49. The molecule has 4 fully saturated rings. The van der Waals surface area contributed by atoms with E-state index < -0.39 is 5.91 Å². The van der Waals surface area contributed by atoms with Crippen LogP contribution in [0.1, 0.15) is 55.2 Å². The summed E-state index contributed by atoms with van der Waals surface area (Å²) in [7, 11) is 0. The fraction of sp³-hybridized carbons (Fsp3) is 0.625. The van der Waals surface area contributed by atoms with E-state index >= 15 is 0 Å². The van der Waals surface area contributed by atoms with Crippen LogP contribution in [-0.4, -0.2) is 30.9 Å². The van der Waals surface area contributed by atoms with Crippen LogP contribution in [0.2, 0.25) is 0 Å². The molecule has 0 atom stereocenters. The number of benzene rings is 1. The minimum Gasteiger partial charge on any atom is -0.455 e. The number of rotatable bonds is 6. The van der Waals surface area contributed by atoms with E-state index in [1.54, 1.807) is 0 Å². The van der Waals surface area contributed by atoms with Gasteiger partial charge in [0.05, 0.1) is 12.0 Å². The third kappa shape index (κ3) is 4.23. The first-order valence-corrected chi connectivity index (χ1v) is 11.1. The molecule has 4 saturated carbocycles. The first kappa shape index (κ1) is 20.9. The Hall–Kier alpha value is -2.37. The molecule has 1 aromatic rings. The molecule has 0 aromatic heterocycles. The Morgan fingerprint density at radius 3 is 2.00 bits per heavy atom. The number of hydrogen-bond acceptors (Lipinski definition) is 4. The normalized spacial score (nSPS) is 28.8. The Morgan fingerprint density at radius 2 is 1.47 bits per heavy atom. The van der Waals surface area contributed by atoms with E-state index in [9.17, 15) is 14.4 Å². The molecule has 0 spiro atoms. The molecule has 4 aliphatic rings. The number of hydrogen-bond donors (Lipinski definition) is 2. The molecule has 0 radical (unpaired) electrons. The number of anilines is 1. The Bertz CT molecular complexity index is 818. The molecule has 4 bridgehead atoms. The van der Waals surface area contributed by atoms with Gasteiger partial charge in [-0.2, -0.15) is 0 Å². The van der Waals surface area contributed by atoms with Crippen molar-refractivity contribution in [3.63, 3.8) is 0 Å². The van der Waals surface area contributed by atoms with Crippen LogP contribution in [0, 0.1) is 43.9 Å². The standard InChI is InChI=1S/C24H32N2O4/c1-14-4-15(2)22(16(3)5-14)26-20(27)12-25-21(28)13-30-23(29)24-9-17-6-18(10-24)8-19(7-17)11-24/h4-5,17-19H,6-13H2,1-3H3,(H,25,28)(H,26,27). The van der Waals surface area contributed by atoms with Crippen LogP contribution in [0.25, 0.3) is 0 Å². The van der Waals surface area contributed by atoms with E-state index in [1.165, 1.54) is 19.3 Å². The maximum Gasteiger partial charge on any atom is 0.312 e. The van der Waals surface area contributed by atoms with Gasteiger partial charge < -0.3 is 15.4 Å². The highest BCUT2D eigenvalue weighted by Gasteiger charge is 2.55. The van der Waals surface area contributed by atoms with E-state index in [0.29, 0.717) is 17.8 Å². The van der Waals surface area contributed by atoms with Gasteiger partial charge in [0.15, 0.2) is 6.61 Å². The molecule has 0 unspecified atom stereocenters. The lowest BCUT2D eigenvalue weighted by Crippen LogP contribution is -2.51. The summed E-state index contributed by atoms with van der Waals surface area (Å²) in [6.07, 6.45) is 6.50. The van der Waals surface area contributed by atoms with E-state index in [1.807, 2.05) is 32.9 Å². The zero-order valence-corrected chi connectivity index (χ0v) is 18.2. The van der Waals surface area contributed by atoms with Gasteiger partial charge in [0, 0.05) is 5.69 Å². The average molecular weight is 413 g/mol. The maximum atomic E-state index is 12.8. The second-order valence-electron chi connectivity index (χ2n) is 9.87.